The molecule has 1 aliphatic heterocycles. The Hall–Kier alpha value is -2.83. The largest absolute Gasteiger partial charge is 0.457 e. The molecular weight excluding hydrogens is 312 g/mol. The maximum atomic E-state index is 12.5. The molecule has 2 amide bonds. The number of piperidine rings is 1. The Labute approximate surface area is 138 Å². The Morgan fingerprint density at radius 3 is 2.62 bits per heavy atom. The lowest BCUT2D eigenvalue weighted by Crippen LogP contribution is -2.35. The Morgan fingerprint density at radius 1 is 1.17 bits per heavy atom. The van der Waals surface area contributed by atoms with Crippen LogP contribution in [0.1, 0.15) is 35.4 Å². The summed E-state index contributed by atoms with van der Waals surface area (Å²) in [6.07, 6.45) is 2.21. The zero-order chi connectivity index (χ0) is 17.1. The van der Waals surface area contributed by atoms with Crippen LogP contribution in [0.5, 0.6) is 0 Å². The average Bonchev–Trinajstić information content (AvgIpc) is 2.60. The summed E-state index contributed by atoms with van der Waals surface area (Å²) < 4.78 is 10.1. The quantitative estimate of drug-likeness (QED) is 0.927. The van der Waals surface area contributed by atoms with E-state index in [4.69, 9.17) is 10.2 Å². The van der Waals surface area contributed by atoms with Gasteiger partial charge in [-0.1, -0.05) is 0 Å². The molecule has 1 aliphatic rings. The van der Waals surface area contributed by atoms with Crippen molar-refractivity contribution in [3.8, 4) is 0 Å². The van der Waals surface area contributed by atoms with E-state index in [1.54, 1.807) is 23.1 Å². The van der Waals surface area contributed by atoms with Gasteiger partial charge >= 0.3 is 6.09 Å². The number of benzene rings is 1. The second kappa shape index (κ2) is 6.74. The van der Waals surface area contributed by atoms with Crippen LogP contribution in [0.3, 0.4) is 0 Å². The highest BCUT2D eigenvalue weighted by Crippen LogP contribution is 2.18. The van der Waals surface area contributed by atoms with Crippen LogP contribution >= 0.6 is 0 Å². The lowest BCUT2D eigenvalue weighted by atomic mass is 10.1. The first-order valence-corrected chi connectivity index (χ1v) is 7.83. The maximum absolute atomic E-state index is 12.5. The number of hydrogen-bond acceptors (Lipinski definition) is 5. The van der Waals surface area contributed by atoms with Gasteiger partial charge in [0.2, 0.25) is 0 Å². The molecule has 1 saturated heterocycles. The van der Waals surface area contributed by atoms with E-state index in [9.17, 15) is 14.4 Å². The SMILES string of the molecule is NC(=O)OCc1cc(=O)c2cc(C(=O)N3CCCCC3)ccc2o1. The first-order chi connectivity index (χ1) is 11.5. The number of carbonyl (C=O) groups excluding carboxylic acids is 2. The van der Waals surface area contributed by atoms with Crippen LogP contribution in [0, 0.1) is 0 Å². The first-order valence-electron chi connectivity index (χ1n) is 7.83. The van der Waals surface area contributed by atoms with Crippen LogP contribution in [0.2, 0.25) is 0 Å². The molecule has 0 saturated carbocycles. The monoisotopic (exact) mass is 330 g/mol. The van der Waals surface area contributed by atoms with E-state index in [1.165, 1.54) is 6.07 Å². The number of nitrogens with zero attached hydrogens (tertiary/aromatic N) is 1. The van der Waals surface area contributed by atoms with E-state index in [1.807, 2.05) is 0 Å². The molecule has 0 atom stereocenters. The molecule has 0 unspecified atom stereocenters. The number of carbonyl (C=O) groups is 2. The molecule has 2 N–H and O–H groups in total. The van der Waals surface area contributed by atoms with Gasteiger partial charge in [0.15, 0.2) is 12.0 Å². The van der Waals surface area contributed by atoms with Crippen molar-refractivity contribution < 1.29 is 18.7 Å². The third-order valence-electron chi connectivity index (χ3n) is 4.03. The summed E-state index contributed by atoms with van der Waals surface area (Å²) >= 11 is 0. The fraction of sp³-hybridized carbons (Fsp3) is 0.353. The summed E-state index contributed by atoms with van der Waals surface area (Å²) in [7, 11) is 0. The van der Waals surface area contributed by atoms with Crippen LogP contribution in [0.4, 0.5) is 4.79 Å². The smallest absolute Gasteiger partial charge is 0.404 e. The van der Waals surface area contributed by atoms with Crippen molar-refractivity contribution in [2.75, 3.05) is 13.1 Å². The second-order valence-corrected chi connectivity index (χ2v) is 5.75. The van der Waals surface area contributed by atoms with Crippen LogP contribution in [0.25, 0.3) is 11.0 Å². The van der Waals surface area contributed by atoms with Gasteiger partial charge in [0, 0.05) is 24.7 Å². The Kier molecular flexibility index (Phi) is 4.50. The zero-order valence-corrected chi connectivity index (χ0v) is 13.1. The summed E-state index contributed by atoms with van der Waals surface area (Å²) in [4.78, 5) is 37.2. The van der Waals surface area contributed by atoms with E-state index in [0.29, 0.717) is 16.5 Å². The van der Waals surface area contributed by atoms with Gasteiger partial charge in [0.25, 0.3) is 5.91 Å². The molecule has 1 aromatic carbocycles. The predicted octanol–water partition coefficient (Wildman–Crippen LogP) is 2.01. The van der Waals surface area contributed by atoms with Gasteiger partial charge in [-0.15, -0.1) is 0 Å². The first kappa shape index (κ1) is 16.0. The molecular formula is C17H18N2O5. The number of ether oxygens (including phenoxy) is 1. The molecule has 1 fully saturated rings. The van der Waals surface area contributed by atoms with Crippen LogP contribution in [0.15, 0.2) is 33.5 Å². The molecule has 1 aromatic heterocycles. The molecule has 24 heavy (non-hydrogen) atoms. The van der Waals surface area contributed by atoms with Crippen LogP contribution < -0.4 is 11.2 Å². The fourth-order valence-corrected chi connectivity index (χ4v) is 2.83. The van der Waals surface area contributed by atoms with Crippen molar-refractivity contribution in [3.63, 3.8) is 0 Å². The highest BCUT2D eigenvalue weighted by molar-refractivity contribution is 5.97. The molecule has 2 heterocycles. The topological polar surface area (TPSA) is 103 Å². The van der Waals surface area contributed by atoms with Crippen molar-refractivity contribution in [1.82, 2.24) is 4.90 Å². The lowest BCUT2D eigenvalue weighted by molar-refractivity contribution is 0.0724. The molecule has 7 heteroatoms. The zero-order valence-electron chi connectivity index (χ0n) is 13.1. The van der Waals surface area contributed by atoms with Gasteiger partial charge in [0.05, 0.1) is 5.39 Å². The van der Waals surface area contributed by atoms with Crippen LogP contribution in [-0.2, 0) is 11.3 Å². The minimum atomic E-state index is -0.944. The minimum Gasteiger partial charge on any atom is -0.457 e. The summed E-state index contributed by atoms with van der Waals surface area (Å²) in [5, 5.41) is 0.320. The van der Waals surface area contributed by atoms with Crippen molar-refractivity contribution in [3.05, 3.63) is 45.8 Å². The molecule has 126 valence electrons. The Balaban J connectivity index is 1.89. The lowest BCUT2D eigenvalue weighted by Gasteiger charge is -2.26. The molecule has 2 aromatic rings. The van der Waals surface area contributed by atoms with Crippen LogP contribution in [-0.4, -0.2) is 30.0 Å². The second-order valence-electron chi connectivity index (χ2n) is 5.75. The summed E-state index contributed by atoms with van der Waals surface area (Å²) in [6.45, 7) is 1.28. The average molecular weight is 330 g/mol. The van der Waals surface area contributed by atoms with Gasteiger partial charge in [-0.05, 0) is 37.5 Å². The molecule has 7 nitrogen and oxygen atoms in total. The fourth-order valence-electron chi connectivity index (χ4n) is 2.83. The number of hydrogen-bond donors (Lipinski definition) is 1. The molecule has 0 bridgehead atoms. The third kappa shape index (κ3) is 3.40. The van der Waals surface area contributed by atoms with E-state index < -0.39 is 6.09 Å². The van der Waals surface area contributed by atoms with E-state index in [0.717, 1.165) is 32.4 Å². The highest BCUT2D eigenvalue weighted by atomic mass is 16.6. The number of primary amides is 1. The number of fused-ring (bicyclic) bond motifs is 1. The maximum Gasteiger partial charge on any atom is 0.404 e. The van der Waals surface area contributed by atoms with Crippen molar-refractivity contribution in [2.45, 2.75) is 25.9 Å². The standard InChI is InChI=1S/C17H18N2O5/c18-17(22)23-10-12-9-14(20)13-8-11(4-5-15(13)24-12)16(21)19-6-2-1-3-7-19/h4-5,8-9H,1-3,6-7,10H2,(H2,18,22). The summed E-state index contributed by atoms with van der Waals surface area (Å²) in [5.41, 5.74) is 5.40. The molecule has 3 rings (SSSR count). The number of likely N-dealkylation sites (tertiary alicyclic amines) is 1. The predicted molar refractivity (Wildman–Crippen MR) is 86.6 cm³/mol. The van der Waals surface area contributed by atoms with Gasteiger partial charge in [-0.3, -0.25) is 9.59 Å². The van der Waals surface area contributed by atoms with Gasteiger partial charge < -0.3 is 19.8 Å². The molecule has 0 aliphatic carbocycles. The normalized spacial score (nSPS) is 14.6. The Bertz CT molecular complexity index is 836. The van der Waals surface area contributed by atoms with Crippen molar-refractivity contribution in [2.24, 2.45) is 5.73 Å². The van der Waals surface area contributed by atoms with Crippen molar-refractivity contribution in [1.29, 1.82) is 0 Å². The minimum absolute atomic E-state index is 0.0721. The summed E-state index contributed by atoms with van der Waals surface area (Å²) in [5.74, 6) is 0.124. The van der Waals surface area contributed by atoms with E-state index >= 15 is 0 Å². The molecule has 0 spiro atoms. The molecule has 0 radical (unpaired) electrons. The summed E-state index contributed by atoms with van der Waals surface area (Å²) in [6, 6.07) is 6.01. The van der Waals surface area contributed by atoms with E-state index in [-0.39, 0.29) is 23.7 Å². The van der Waals surface area contributed by atoms with Gasteiger partial charge in [-0.2, -0.15) is 0 Å². The number of amides is 2. The Morgan fingerprint density at radius 2 is 1.92 bits per heavy atom. The number of nitrogens with two attached hydrogens (primary N) is 1. The number of rotatable bonds is 3. The van der Waals surface area contributed by atoms with Gasteiger partial charge in [-0.25, -0.2) is 4.79 Å². The van der Waals surface area contributed by atoms with Crippen molar-refractivity contribution >= 4 is 23.0 Å². The van der Waals surface area contributed by atoms with E-state index in [2.05, 4.69) is 4.74 Å². The van der Waals surface area contributed by atoms with Gasteiger partial charge in [0.1, 0.15) is 11.3 Å². The third-order valence-corrected chi connectivity index (χ3v) is 4.03. The highest BCUT2D eigenvalue weighted by Gasteiger charge is 2.19.